The van der Waals surface area contributed by atoms with Crippen LogP contribution >= 0.6 is 0 Å². The van der Waals surface area contributed by atoms with Crippen molar-refractivity contribution in [2.24, 2.45) is 13.0 Å². The minimum Gasteiger partial charge on any atom is -0.381 e. The second-order valence-corrected chi connectivity index (χ2v) is 6.69. The number of hydrogen-bond acceptors (Lipinski definition) is 4. The molecule has 0 spiro atoms. The van der Waals surface area contributed by atoms with Crippen LogP contribution in [-0.2, 0) is 16.6 Å². The van der Waals surface area contributed by atoms with Crippen molar-refractivity contribution >= 4 is 11.8 Å². The molecule has 7 heteroatoms. The summed E-state index contributed by atoms with van der Waals surface area (Å²) < 4.78 is 7.14. The summed E-state index contributed by atoms with van der Waals surface area (Å²) in [5.74, 6) is 0.177. The molecule has 2 aliphatic heterocycles. The quantitative estimate of drug-likeness (QED) is 0.891. The van der Waals surface area contributed by atoms with E-state index in [1.165, 1.54) is 0 Å². The van der Waals surface area contributed by atoms with Crippen molar-refractivity contribution in [3.05, 3.63) is 17.5 Å². The zero-order chi connectivity index (χ0) is 17.1. The summed E-state index contributed by atoms with van der Waals surface area (Å²) in [5, 5.41) is 7.25. The van der Waals surface area contributed by atoms with E-state index in [0.29, 0.717) is 18.7 Å². The Morgan fingerprint density at radius 2 is 2.04 bits per heavy atom. The number of ether oxygens (including phenoxy) is 1. The topological polar surface area (TPSA) is 76.5 Å². The summed E-state index contributed by atoms with van der Waals surface area (Å²) in [6.45, 7) is 2.63. The highest BCUT2D eigenvalue weighted by atomic mass is 16.5. The van der Waals surface area contributed by atoms with Crippen LogP contribution in [0.4, 0.5) is 0 Å². The van der Waals surface area contributed by atoms with Crippen molar-refractivity contribution in [3.8, 4) is 0 Å². The van der Waals surface area contributed by atoms with Crippen LogP contribution in [0.5, 0.6) is 0 Å². The predicted octanol–water partition coefficient (Wildman–Crippen LogP) is 0.912. The van der Waals surface area contributed by atoms with Crippen molar-refractivity contribution in [1.29, 1.82) is 0 Å². The van der Waals surface area contributed by atoms with E-state index in [4.69, 9.17) is 4.74 Å². The van der Waals surface area contributed by atoms with Crippen LogP contribution < -0.4 is 5.32 Å². The van der Waals surface area contributed by atoms with Crippen molar-refractivity contribution in [3.63, 3.8) is 0 Å². The molecule has 24 heavy (non-hydrogen) atoms. The number of aryl methyl sites for hydroxylation is 1. The largest absolute Gasteiger partial charge is 0.381 e. The van der Waals surface area contributed by atoms with E-state index in [2.05, 4.69) is 10.4 Å². The molecule has 0 bridgehead atoms. The Kier molecular flexibility index (Phi) is 5.18. The van der Waals surface area contributed by atoms with Gasteiger partial charge in [-0.05, 0) is 25.7 Å². The minimum atomic E-state index is -0.115. The zero-order valence-corrected chi connectivity index (χ0v) is 14.5. The maximum Gasteiger partial charge on any atom is 0.257 e. The van der Waals surface area contributed by atoms with Crippen molar-refractivity contribution in [2.75, 3.05) is 33.4 Å². The molecule has 0 radical (unpaired) electrons. The molecule has 2 saturated heterocycles. The first-order valence-corrected chi connectivity index (χ1v) is 8.72. The fourth-order valence-corrected chi connectivity index (χ4v) is 3.69. The first-order chi connectivity index (χ1) is 11.6. The van der Waals surface area contributed by atoms with Gasteiger partial charge in [0.05, 0.1) is 17.2 Å². The van der Waals surface area contributed by atoms with E-state index in [1.807, 2.05) is 18.1 Å². The predicted molar refractivity (Wildman–Crippen MR) is 88.7 cm³/mol. The lowest BCUT2D eigenvalue weighted by Crippen LogP contribution is -2.45. The molecule has 1 N–H and O–H groups in total. The summed E-state index contributed by atoms with van der Waals surface area (Å²) in [6.07, 6.45) is 5.31. The van der Waals surface area contributed by atoms with E-state index in [9.17, 15) is 9.59 Å². The average molecular weight is 334 g/mol. The zero-order valence-electron chi connectivity index (χ0n) is 14.5. The van der Waals surface area contributed by atoms with E-state index in [-0.39, 0.29) is 23.7 Å². The maximum atomic E-state index is 13.0. The molecule has 7 nitrogen and oxygen atoms in total. The van der Waals surface area contributed by atoms with Gasteiger partial charge in [-0.25, -0.2) is 0 Å². The number of hydrogen-bond donors (Lipinski definition) is 1. The molecule has 2 fully saturated rings. The Hall–Kier alpha value is -1.89. The van der Waals surface area contributed by atoms with Crippen molar-refractivity contribution in [2.45, 2.75) is 31.6 Å². The Balaban J connectivity index is 1.78. The smallest absolute Gasteiger partial charge is 0.257 e. The summed E-state index contributed by atoms with van der Waals surface area (Å²) in [5.41, 5.74) is 1.56. The standard InChI is InChI=1S/C17H26N4O3/c1-18-16(22)13-4-3-7-21(10-13)17(23)14-11-20(2)19-15(14)12-5-8-24-9-6-12/h11-13H,3-10H2,1-2H3,(H,18,22). The number of piperidine rings is 1. The molecule has 1 aromatic rings. The molecule has 132 valence electrons. The van der Waals surface area contributed by atoms with Gasteiger partial charge in [0.15, 0.2) is 0 Å². The number of nitrogens with zero attached hydrogens (tertiary/aromatic N) is 3. The maximum absolute atomic E-state index is 13.0. The monoisotopic (exact) mass is 334 g/mol. The molecule has 2 aliphatic rings. The number of aromatic nitrogens is 2. The lowest BCUT2D eigenvalue weighted by Gasteiger charge is -2.32. The van der Waals surface area contributed by atoms with Gasteiger partial charge in [0.25, 0.3) is 5.91 Å². The lowest BCUT2D eigenvalue weighted by atomic mass is 9.92. The van der Waals surface area contributed by atoms with Gasteiger partial charge in [0.1, 0.15) is 0 Å². The normalized spacial score (nSPS) is 22.4. The van der Waals surface area contributed by atoms with Gasteiger partial charge < -0.3 is 15.0 Å². The van der Waals surface area contributed by atoms with E-state index in [0.717, 1.165) is 44.6 Å². The van der Waals surface area contributed by atoms with Gasteiger partial charge in [-0.1, -0.05) is 0 Å². The lowest BCUT2D eigenvalue weighted by molar-refractivity contribution is -0.125. The number of rotatable bonds is 3. The van der Waals surface area contributed by atoms with E-state index < -0.39 is 0 Å². The Morgan fingerprint density at radius 1 is 1.29 bits per heavy atom. The fourth-order valence-electron chi connectivity index (χ4n) is 3.69. The summed E-state index contributed by atoms with van der Waals surface area (Å²) in [4.78, 5) is 26.8. The molecule has 2 amide bonds. The Labute approximate surface area is 142 Å². The first kappa shape index (κ1) is 17.0. The SMILES string of the molecule is CNC(=O)C1CCCN(C(=O)c2cn(C)nc2C2CCOCC2)C1. The van der Waals surface area contributed by atoms with Gasteiger partial charge in [-0.3, -0.25) is 14.3 Å². The third-order valence-corrected chi connectivity index (χ3v) is 5.02. The van der Waals surface area contributed by atoms with Crippen molar-refractivity contribution in [1.82, 2.24) is 20.0 Å². The first-order valence-electron chi connectivity index (χ1n) is 8.72. The van der Waals surface area contributed by atoms with Crippen LogP contribution in [0.3, 0.4) is 0 Å². The van der Waals surface area contributed by atoms with Gasteiger partial charge >= 0.3 is 0 Å². The summed E-state index contributed by atoms with van der Waals surface area (Å²) in [6, 6.07) is 0. The number of carbonyl (C=O) groups excluding carboxylic acids is 2. The van der Waals surface area contributed by atoms with Gasteiger partial charge in [0, 0.05) is 52.5 Å². The van der Waals surface area contributed by atoms with Crippen LogP contribution in [0, 0.1) is 5.92 Å². The Morgan fingerprint density at radius 3 is 2.75 bits per heavy atom. The molecule has 3 heterocycles. The van der Waals surface area contributed by atoms with E-state index in [1.54, 1.807) is 11.7 Å². The van der Waals surface area contributed by atoms with Crippen LogP contribution in [-0.4, -0.2) is 59.8 Å². The molecule has 3 rings (SSSR count). The third-order valence-electron chi connectivity index (χ3n) is 5.02. The molecule has 0 aromatic carbocycles. The molecule has 1 unspecified atom stereocenters. The Bertz CT molecular complexity index is 607. The van der Waals surface area contributed by atoms with Crippen LogP contribution in [0.15, 0.2) is 6.20 Å². The van der Waals surface area contributed by atoms with Gasteiger partial charge in [0.2, 0.25) is 5.91 Å². The fraction of sp³-hybridized carbons (Fsp3) is 0.706. The average Bonchev–Trinajstić information content (AvgIpc) is 3.03. The minimum absolute atomic E-state index is 0.00167. The summed E-state index contributed by atoms with van der Waals surface area (Å²) >= 11 is 0. The highest BCUT2D eigenvalue weighted by molar-refractivity contribution is 5.95. The molecule has 0 saturated carbocycles. The second kappa shape index (κ2) is 7.34. The highest BCUT2D eigenvalue weighted by Crippen LogP contribution is 2.29. The van der Waals surface area contributed by atoms with Crippen molar-refractivity contribution < 1.29 is 14.3 Å². The van der Waals surface area contributed by atoms with E-state index >= 15 is 0 Å². The van der Waals surface area contributed by atoms with Crippen LogP contribution in [0.25, 0.3) is 0 Å². The number of carbonyl (C=O) groups is 2. The number of nitrogens with one attached hydrogen (secondary N) is 1. The molecule has 1 aromatic heterocycles. The molecular weight excluding hydrogens is 308 g/mol. The summed E-state index contributed by atoms with van der Waals surface area (Å²) in [7, 11) is 3.50. The van der Waals surface area contributed by atoms with Gasteiger partial charge in [-0.2, -0.15) is 5.10 Å². The molecule has 1 atom stereocenters. The molecular formula is C17H26N4O3. The van der Waals surface area contributed by atoms with Crippen LogP contribution in [0.1, 0.15) is 47.7 Å². The molecule has 0 aliphatic carbocycles. The number of amides is 2. The highest BCUT2D eigenvalue weighted by Gasteiger charge is 2.32. The second-order valence-electron chi connectivity index (χ2n) is 6.69. The van der Waals surface area contributed by atoms with Gasteiger partial charge in [-0.15, -0.1) is 0 Å². The number of likely N-dealkylation sites (tertiary alicyclic amines) is 1. The third kappa shape index (κ3) is 3.45. The van der Waals surface area contributed by atoms with Crippen LogP contribution in [0.2, 0.25) is 0 Å².